The van der Waals surface area contributed by atoms with Crippen LogP contribution in [0.25, 0.3) is 0 Å². The third-order valence-electron chi connectivity index (χ3n) is 13.7. The number of aliphatic hydroxyl groups excluding tert-OH is 1. The van der Waals surface area contributed by atoms with Gasteiger partial charge in [0.25, 0.3) is 0 Å². The lowest BCUT2D eigenvalue weighted by Crippen LogP contribution is -2.49. The van der Waals surface area contributed by atoms with Crippen molar-refractivity contribution in [3.63, 3.8) is 0 Å². The van der Waals surface area contributed by atoms with E-state index in [0.717, 1.165) is 31.3 Å². The standard InChI is InChI=1S/C43H76O5Si2/c1-17-27-46-39(45)42(10,11)38(44)25-20-30(2)35-23-24-36-32(19-18-26-43(35,36)12)21-22-33-28-34(47-49(13,14)40(4,5)6)29-37(31(33)3)48-50(15,16)41(7,8)9/h20-22,25,30,34-38,44H,3,17-19,23-24,26-29H2,1-2,4-16H3/t30-,34-,35-,36+,37+,38-,43-/m1/s1. The fraction of sp³-hybridized carbons (Fsp3) is 0.791. The second-order valence-electron chi connectivity index (χ2n) is 19.9. The number of carbonyl (C=O) groups excluding carboxylic acids is 1. The Morgan fingerprint density at radius 2 is 1.58 bits per heavy atom. The Hall–Kier alpha value is -1.26. The van der Waals surface area contributed by atoms with E-state index in [2.05, 4.69) is 106 Å². The van der Waals surface area contributed by atoms with Gasteiger partial charge in [0.1, 0.15) is 0 Å². The van der Waals surface area contributed by atoms with Crippen LogP contribution in [0.2, 0.25) is 36.3 Å². The zero-order valence-electron chi connectivity index (χ0n) is 34.9. The van der Waals surface area contributed by atoms with Gasteiger partial charge in [0.05, 0.1) is 30.3 Å². The molecule has 0 amide bonds. The van der Waals surface area contributed by atoms with Crippen molar-refractivity contribution in [2.45, 2.75) is 182 Å². The van der Waals surface area contributed by atoms with Gasteiger partial charge in [-0.05, 0) is 129 Å². The van der Waals surface area contributed by atoms with Gasteiger partial charge < -0.3 is 18.7 Å². The molecule has 7 heteroatoms. The number of allylic oxidation sites excluding steroid dienone is 4. The molecule has 0 bridgehead atoms. The molecule has 0 radical (unpaired) electrons. The molecule has 0 unspecified atom stereocenters. The van der Waals surface area contributed by atoms with Crippen LogP contribution in [0.3, 0.4) is 0 Å². The van der Waals surface area contributed by atoms with Crippen LogP contribution in [0.15, 0.2) is 47.6 Å². The van der Waals surface area contributed by atoms with Gasteiger partial charge in [-0.2, -0.15) is 0 Å². The Balaban J connectivity index is 1.86. The molecule has 0 aromatic carbocycles. The Morgan fingerprint density at radius 1 is 0.980 bits per heavy atom. The maximum absolute atomic E-state index is 12.6. The van der Waals surface area contributed by atoms with Gasteiger partial charge in [0.2, 0.25) is 0 Å². The summed E-state index contributed by atoms with van der Waals surface area (Å²) in [6.45, 7) is 38.7. The Labute approximate surface area is 310 Å². The molecule has 3 rings (SSSR count). The molecule has 0 aromatic heterocycles. The minimum absolute atomic E-state index is 0.0157. The van der Waals surface area contributed by atoms with Crippen molar-refractivity contribution in [2.75, 3.05) is 6.61 Å². The van der Waals surface area contributed by atoms with Crippen LogP contribution >= 0.6 is 0 Å². The van der Waals surface area contributed by atoms with E-state index in [1.807, 2.05) is 13.0 Å². The summed E-state index contributed by atoms with van der Waals surface area (Å²) >= 11 is 0. The van der Waals surface area contributed by atoms with Crippen LogP contribution in [0.4, 0.5) is 0 Å². The molecule has 5 nitrogen and oxygen atoms in total. The average Bonchev–Trinajstić information content (AvgIpc) is 3.35. The lowest BCUT2D eigenvalue weighted by molar-refractivity contribution is -0.158. The SMILES string of the molecule is C=C1C(=CC=C2CCC[C@]3(C)[C@@H]([C@H](C)C=C[C@@H](O)C(C)(C)C(=O)OCCC)CC[C@@H]23)C[C@@H](O[Si](C)(C)C(C)(C)C)C[C@@H]1O[Si](C)(C)C(C)(C)C. The van der Waals surface area contributed by atoms with Crippen molar-refractivity contribution in [2.24, 2.45) is 28.6 Å². The normalized spacial score (nSPS) is 30.2. The predicted octanol–water partition coefficient (Wildman–Crippen LogP) is 11.7. The molecule has 7 atom stereocenters. The lowest BCUT2D eigenvalue weighted by atomic mass is 9.61. The molecule has 0 aliphatic heterocycles. The highest BCUT2D eigenvalue weighted by molar-refractivity contribution is 6.74. The smallest absolute Gasteiger partial charge is 0.314 e. The van der Waals surface area contributed by atoms with E-state index >= 15 is 0 Å². The van der Waals surface area contributed by atoms with E-state index in [0.29, 0.717) is 24.4 Å². The van der Waals surface area contributed by atoms with E-state index in [4.69, 9.17) is 13.6 Å². The third-order valence-corrected chi connectivity index (χ3v) is 22.7. The largest absolute Gasteiger partial charge is 0.465 e. The number of rotatable bonds is 12. The number of aliphatic hydroxyl groups is 1. The van der Waals surface area contributed by atoms with Crippen molar-refractivity contribution in [3.8, 4) is 0 Å². The topological polar surface area (TPSA) is 65.0 Å². The van der Waals surface area contributed by atoms with Crippen LogP contribution in [0.5, 0.6) is 0 Å². The minimum atomic E-state index is -2.02. The van der Waals surface area contributed by atoms with Crippen molar-refractivity contribution in [1.82, 2.24) is 0 Å². The number of carbonyl (C=O) groups is 1. The molecule has 3 aliphatic carbocycles. The number of esters is 1. The van der Waals surface area contributed by atoms with Gasteiger partial charge in [-0.3, -0.25) is 4.79 Å². The minimum Gasteiger partial charge on any atom is -0.465 e. The Kier molecular flexibility index (Phi) is 13.8. The van der Waals surface area contributed by atoms with E-state index in [1.165, 1.54) is 31.3 Å². The molecule has 0 heterocycles. The van der Waals surface area contributed by atoms with Crippen LogP contribution in [-0.4, -0.2) is 52.6 Å². The first-order valence-corrected chi connectivity index (χ1v) is 25.6. The van der Waals surface area contributed by atoms with Crippen LogP contribution in [0, 0.1) is 28.6 Å². The summed E-state index contributed by atoms with van der Waals surface area (Å²) < 4.78 is 19.5. The highest BCUT2D eigenvalue weighted by Gasteiger charge is 2.51. The molecule has 0 saturated heterocycles. The van der Waals surface area contributed by atoms with Gasteiger partial charge >= 0.3 is 5.97 Å². The van der Waals surface area contributed by atoms with Gasteiger partial charge in [0.15, 0.2) is 16.6 Å². The summed E-state index contributed by atoms with van der Waals surface area (Å²) in [6.07, 6.45) is 16.6. The van der Waals surface area contributed by atoms with Crippen molar-refractivity contribution >= 4 is 22.6 Å². The molecule has 286 valence electrons. The molecular weight excluding hydrogens is 653 g/mol. The number of fused-ring (bicyclic) bond motifs is 1. The fourth-order valence-electron chi connectivity index (χ4n) is 8.07. The highest BCUT2D eigenvalue weighted by atomic mass is 28.4. The maximum atomic E-state index is 12.6. The van der Waals surface area contributed by atoms with Gasteiger partial charge in [-0.1, -0.05) is 98.8 Å². The van der Waals surface area contributed by atoms with Crippen molar-refractivity contribution in [3.05, 3.63) is 47.6 Å². The Bertz CT molecular complexity index is 1290. The number of hydrogen-bond donors (Lipinski definition) is 1. The number of hydrogen-bond acceptors (Lipinski definition) is 5. The first-order chi connectivity index (χ1) is 22.8. The summed E-state index contributed by atoms with van der Waals surface area (Å²) in [5.74, 6) is 1.04. The Morgan fingerprint density at radius 3 is 2.16 bits per heavy atom. The molecule has 1 N–H and O–H groups in total. The first kappa shape index (κ1) is 43.2. The summed E-state index contributed by atoms with van der Waals surface area (Å²) in [5, 5.41) is 11.3. The zero-order chi connectivity index (χ0) is 38.1. The molecular formula is C43H76O5Si2. The lowest BCUT2D eigenvalue weighted by Gasteiger charge is -2.45. The number of ether oxygens (including phenoxy) is 1. The molecule has 3 aliphatic rings. The molecule has 3 saturated carbocycles. The van der Waals surface area contributed by atoms with Crippen LogP contribution in [-0.2, 0) is 18.4 Å². The van der Waals surface area contributed by atoms with Crippen LogP contribution in [0.1, 0.15) is 128 Å². The summed E-state index contributed by atoms with van der Waals surface area (Å²) in [6, 6.07) is 0. The zero-order valence-corrected chi connectivity index (χ0v) is 36.9. The van der Waals surface area contributed by atoms with E-state index < -0.39 is 28.2 Å². The highest BCUT2D eigenvalue weighted by Crippen LogP contribution is 2.59. The molecule has 50 heavy (non-hydrogen) atoms. The maximum Gasteiger partial charge on any atom is 0.314 e. The molecule has 0 spiro atoms. The monoisotopic (exact) mass is 729 g/mol. The average molecular weight is 729 g/mol. The van der Waals surface area contributed by atoms with Gasteiger partial charge in [0, 0.05) is 6.42 Å². The summed E-state index contributed by atoms with van der Waals surface area (Å²) in [4.78, 5) is 12.6. The van der Waals surface area contributed by atoms with E-state index in [1.54, 1.807) is 19.4 Å². The van der Waals surface area contributed by atoms with E-state index in [-0.39, 0.29) is 33.7 Å². The molecule has 0 aromatic rings. The fourth-order valence-corrected chi connectivity index (χ4v) is 10.7. The third kappa shape index (κ3) is 9.64. The molecule has 3 fully saturated rings. The predicted molar refractivity (Wildman–Crippen MR) is 216 cm³/mol. The summed E-state index contributed by atoms with van der Waals surface area (Å²) in [5.41, 5.74) is 3.24. The van der Waals surface area contributed by atoms with Crippen molar-refractivity contribution < 1.29 is 23.5 Å². The second kappa shape index (κ2) is 16.0. The van der Waals surface area contributed by atoms with E-state index in [9.17, 15) is 9.90 Å². The van der Waals surface area contributed by atoms with Gasteiger partial charge in [-0.15, -0.1) is 0 Å². The summed E-state index contributed by atoms with van der Waals surface area (Å²) in [7, 11) is -3.98. The second-order valence-corrected chi connectivity index (χ2v) is 29.4. The van der Waals surface area contributed by atoms with Crippen molar-refractivity contribution in [1.29, 1.82) is 0 Å². The van der Waals surface area contributed by atoms with Crippen LogP contribution < -0.4 is 0 Å². The van der Waals surface area contributed by atoms with Gasteiger partial charge in [-0.25, -0.2) is 0 Å². The first-order valence-electron chi connectivity index (χ1n) is 19.8. The quantitative estimate of drug-likeness (QED) is 0.123.